The molecule has 2 aliphatic carbocycles. The molecule has 0 spiro atoms. The maximum absolute atomic E-state index is 12.8. The van der Waals surface area contributed by atoms with Gasteiger partial charge in [0.25, 0.3) is 11.8 Å². The van der Waals surface area contributed by atoms with Crippen LogP contribution in [0, 0.1) is 23.7 Å². The number of carbonyl (C=O) groups excluding carboxylic acids is 2. The van der Waals surface area contributed by atoms with Crippen molar-refractivity contribution in [2.24, 2.45) is 28.8 Å². The smallest absolute Gasteiger partial charge is 0.344 e. The van der Waals surface area contributed by atoms with Gasteiger partial charge >= 0.3 is 5.97 Å². The van der Waals surface area contributed by atoms with Crippen molar-refractivity contribution in [3.63, 3.8) is 0 Å². The van der Waals surface area contributed by atoms with Crippen LogP contribution in [-0.4, -0.2) is 46.8 Å². The van der Waals surface area contributed by atoms with Gasteiger partial charge in [0.05, 0.1) is 24.7 Å². The van der Waals surface area contributed by atoms with Gasteiger partial charge in [0.1, 0.15) is 0 Å². The highest BCUT2D eigenvalue weighted by molar-refractivity contribution is 6.06. The van der Waals surface area contributed by atoms with Gasteiger partial charge in [-0.2, -0.15) is 10.1 Å². The Morgan fingerprint density at radius 3 is 2.50 bits per heavy atom. The van der Waals surface area contributed by atoms with Crippen LogP contribution in [0.15, 0.2) is 42.0 Å². The summed E-state index contributed by atoms with van der Waals surface area (Å²) in [5, 5.41) is 14.4. The van der Waals surface area contributed by atoms with Crippen LogP contribution in [-0.2, 0) is 20.8 Å². The number of nitrogens with zero attached hydrogens (tertiary/aromatic N) is 2. The zero-order valence-electron chi connectivity index (χ0n) is 18.1. The van der Waals surface area contributed by atoms with E-state index in [2.05, 4.69) is 11.7 Å². The van der Waals surface area contributed by atoms with Gasteiger partial charge in [0.15, 0.2) is 17.6 Å². The Bertz CT molecular complexity index is 1000. The normalized spacial score (nSPS) is 26.6. The molecule has 1 N–H and O–H groups in total. The van der Waals surface area contributed by atoms with Crippen molar-refractivity contribution in [1.29, 1.82) is 0 Å². The lowest BCUT2D eigenvalue weighted by Gasteiger charge is -2.19. The van der Waals surface area contributed by atoms with Crippen molar-refractivity contribution in [3.8, 4) is 11.5 Å². The second kappa shape index (κ2) is 8.61. The van der Waals surface area contributed by atoms with Gasteiger partial charge in [-0.1, -0.05) is 18.2 Å². The van der Waals surface area contributed by atoms with Gasteiger partial charge in [-0.15, -0.1) is 6.58 Å². The summed E-state index contributed by atoms with van der Waals surface area (Å²) in [6, 6.07) is 3.41. The van der Waals surface area contributed by atoms with Crippen molar-refractivity contribution in [2.75, 3.05) is 6.61 Å². The van der Waals surface area contributed by atoms with E-state index in [4.69, 9.17) is 9.47 Å². The number of hydrogen-bond donors (Lipinski definition) is 1. The summed E-state index contributed by atoms with van der Waals surface area (Å²) in [4.78, 5) is 36.9. The number of amides is 2. The van der Waals surface area contributed by atoms with Crippen molar-refractivity contribution in [2.45, 2.75) is 32.8 Å². The molecular formula is C24H26N2O6. The summed E-state index contributed by atoms with van der Waals surface area (Å²) in [5.74, 6) is -1.28. The van der Waals surface area contributed by atoms with Crippen LogP contribution in [0.2, 0.25) is 0 Å². The van der Waals surface area contributed by atoms with E-state index < -0.39 is 12.1 Å². The molecule has 1 heterocycles. The first-order chi connectivity index (χ1) is 15.3. The van der Waals surface area contributed by atoms with E-state index in [1.54, 1.807) is 25.1 Å². The van der Waals surface area contributed by atoms with Crippen molar-refractivity contribution in [1.82, 2.24) is 5.01 Å². The molecule has 168 valence electrons. The fraction of sp³-hybridized carbons (Fsp3) is 0.417. The fourth-order valence-electron chi connectivity index (χ4n) is 4.81. The lowest BCUT2D eigenvalue weighted by molar-refractivity contribution is -0.144. The van der Waals surface area contributed by atoms with Crippen LogP contribution in [0.5, 0.6) is 11.5 Å². The number of fused-ring (bicyclic) bond motifs is 5. The van der Waals surface area contributed by atoms with E-state index in [-0.39, 0.29) is 35.5 Å². The topological polar surface area (TPSA) is 106 Å². The number of ether oxygens (including phenoxy) is 2. The molecule has 32 heavy (non-hydrogen) atoms. The van der Waals surface area contributed by atoms with Crippen molar-refractivity contribution in [3.05, 3.63) is 48.1 Å². The Hall–Kier alpha value is -3.42. The zero-order valence-corrected chi connectivity index (χ0v) is 18.1. The van der Waals surface area contributed by atoms with Crippen LogP contribution < -0.4 is 9.47 Å². The zero-order chi connectivity index (χ0) is 23.0. The summed E-state index contributed by atoms with van der Waals surface area (Å²) in [5.41, 5.74) is 1.26. The number of hydrazone groups is 1. The first-order valence-electron chi connectivity index (χ1n) is 10.8. The highest BCUT2D eigenvalue weighted by atomic mass is 16.5. The largest absolute Gasteiger partial charge is 0.490 e. The standard InChI is InChI=1S/C24H26N2O6/c1-4-6-17-9-14(10-18(31-5-2)21(17)32-13(3)24(29)30)12-25-26-22(27)19-15-7-8-16(11-15)20(19)23(26)28/h4,7-10,12-13,15-16,19-20H,1,5-6,11H2,2-3H3,(H,29,30). The number of benzene rings is 1. The average molecular weight is 438 g/mol. The number of carboxylic acid groups (broad SMARTS) is 1. The highest BCUT2D eigenvalue weighted by Crippen LogP contribution is 2.52. The van der Waals surface area contributed by atoms with E-state index in [1.807, 2.05) is 12.2 Å². The third kappa shape index (κ3) is 3.70. The number of hydrogen-bond acceptors (Lipinski definition) is 6. The van der Waals surface area contributed by atoms with E-state index in [0.29, 0.717) is 35.7 Å². The van der Waals surface area contributed by atoms with E-state index >= 15 is 0 Å². The Morgan fingerprint density at radius 2 is 1.94 bits per heavy atom. The number of carboxylic acids is 1. The summed E-state index contributed by atoms with van der Waals surface area (Å²) >= 11 is 0. The van der Waals surface area contributed by atoms with E-state index in [9.17, 15) is 19.5 Å². The average Bonchev–Trinajstić information content (AvgIpc) is 3.43. The number of rotatable bonds is 9. The van der Waals surface area contributed by atoms with Gasteiger partial charge in [0.2, 0.25) is 0 Å². The Kier molecular flexibility index (Phi) is 5.86. The maximum Gasteiger partial charge on any atom is 0.344 e. The van der Waals surface area contributed by atoms with E-state index in [1.165, 1.54) is 13.1 Å². The van der Waals surface area contributed by atoms with Crippen LogP contribution in [0.3, 0.4) is 0 Å². The molecule has 3 aliphatic rings. The molecule has 0 aromatic heterocycles. The summed E-state index contributed by atoms with van der Waals surface area (Å²) in [7, 11) is 0. The predicted octanol–water partition coefficient (Wildman–Crippen LogP) is 2.81. The first-order valence-corrected chi connectivity index (χ1v) is 10.8. The fourth-order valence-corrected chi connectivity index (χ4v) is 4.81. The third-order valence-electron chi connectivity index (χ3n) is 6.23. The summed E-state index contributed by atoms with van der Waals surface area (Å²) in [6.07, 6.45) is 7.40. The predicted molar refractivity (Wildman–Crippen MR) is 116 cm³/mol. The molecule has 8 heteroatoms. The monoisotopic (exact) mass is 438 g/mol. The van der Waals surface area contributed by atoms with Gasteiger partial charge in [-0.3, -0.25) is 9.59 Å². The molecule has 1 aliphatic heterocycles. The molecule has 4 rings (SSSR count). The molecule has 2 fully saturated rings. The Labute approximate surface area is 186 Å². The molecule has 0 radical (unpaired) electrons. The molecule has 5 atom stereocenters. The molecule has 1 saturated carbocycles. The van der Waals surface area contributed by atoms with Gasteiger partial charge < -0.3 is 14.6 Å². The quantitative estimate of drug-likeness (QED) is 0.361. The van der Waals surface area contributed by atoms with Crippen LogP contribution >= 0.6 is 0 Å². The third-order valence-corrected chi connectivity index (χ3v) is 6.23. The van der Waals surface area contributed by atoms with Crippen LogP contribution in [0.1, 0.15) is 31.4 Å². The second-order valence-corrected chi connectivity index (χ2v) is 8.26. The Morgan fingerprint density at radius 1 is 1.28 bits per heavy atom. The number of imide groups is 1. The minimum atomic E-state index is -1.09. The Balaban J connectivity index is 1.63. The maximum atomic E-state index is 12.8. The highest BCUT2D eigenvalue weighted by Gasteiger charge is 2.59. The lowest BCUT2D eigenvalue weighted by atomic mass is 9.85. The minimum Gasteiger partial charge on any atom is -0.490 e. The number of carbonyl (C=O) groups is 3. The van der Waals surface area contributed by atoms with E-state index in [0.717, 1.165) is 11.4 Å². The van der Waals surface area contributed by atoms with Gasteiger partial charge in [0, 0.05) is 5.56 Å². The molecule has 1 aromatic rings. The van der Waals surface area contributed by atoms with Gasteiger partial charge in [-0.25, -0.2) is 4.79 Å². The second-order valence-electron chi connectivity index (χ2n) is 8.26. The molecule has 1 saturated heterocycles. The molecule has 5 unspecified atom stereocenters. The number of aliphatic carboxylic acids is 1. The summed E-state index contributed by atoms with van der Waals surface area (Å²) in [6.45, 7) is 7.34. The summed E-state index contributed by atoms with van der Waals surface area (Å²) < 4.78 is 11.3. The molecule has 8 nitrogen and oxygen atoms in total. The van der Waals surface area contributed by atoms with Crippen molar-refractivity contribution >= 4 is 24.0 Å². The first kappa shape index (κ1) is 21.8. The van der Waals surface area contributed by atoms with Crippen molar-refractivity contribution < 1.29 is 29.0 Å². The number of allylic oxidation sites excluding steroid dienone is 3. The molecule has 2 bridgehead atoms. The van der Waals surface area contributed by atoms with Crippen LogP contribution in [0.25, 0.3) is 0 Å². The lowest BCUT2D eigenvalue weighted by Crippen LogP contribution is -2.28. The molecule has 1 aromatic carbocycles. The molecular weight excluding hydrogens is 412 g/mol. The van der Waals surface area contributed by atoms with Crippen LogP contribution in [0.4, 0.5) is 0 Å². The van der Waals surface area contributed by atoms with Gasteiger partial charge in [-0.05, 0) is 56.2 Å². The molecule has 2 amide bonds. The minimum absolute atomic E-state index is 0.123. The SMILES string of the molecule is C=CCc1cc(C=NN2C(=O)C3C4C=CC(C4)C3C2=O)cc(OCC)c1OC(C)C(=O)O.